The average Bonchev–Trinajstić information content (AvgIpc) is 3.14. The Labute approximate surface area is 157 Å². The molecule has 140 valence electrons. The standard InChI is InChI=1S/C20H23N5O2/c1-14(25-5-7-27-8-6-25)20(26)23-19-10-17-9-15(3-4-16(17)11-21-19)18-12-22-24(2)13-18/h3-4,9-14H,5-8H2,1-2H3,(H,21,23,26). The van der Waals surface area contributed by atoms with Gasteiger partial charge in [0.15, 0.2) is 0 Å². The molecule has 0 aliphatic carbocycles. The van der Waals surface area contributed by atoms with E-state index in [-0.39, 0.29) is 11.9 Å². The van der Waals surface area contributed by atoms with Crippen molar-refractivity contribution in [2.24, 2.45) is 7.05 Å². The van der Waals surface area contributed by atoms with Gasteiger partial charge < -0.3 is 10.1 Å². The number of rotatable bonds is 4. The summed E-state index contributed by atoms with van der Waals surface area (Å²) in [6.45, 7) is 4.80. The first kappa shape index (κ1) is 17.6. The zero-order valence-corrected chi connectivity index (χ0v) is 15.6. The fraction of sp³-hybridized carbons (Fsp3) is 0.350. The minimum atomic E-state index is -0.215. The van der Waals surface area contributed by atoms with E-state index in [4.69, 9.17) is 4.74 Å². The van der Waals surface area contributed by atoms with Crippen molar-refractivity contribution in [2.75, 3.05) is 31.6 Å². The summed E-state index contributed by atoms with van der Waals surface area (Å²) in [7, 11) is 1.90. The average molecular weight is 365 g/mol. The van der Waals surface area contributed by atoms with Crippen molar-refractivity contribution in [3.05, 3.63) is 42.9 Å². The van der Waals surface area contributed by atoms with Gasteiger partial charge in [-0.1, -0.05) is 12.1 Å². The van der Waals surface area contributed by atoms with E-state index < -0.39 is 0 Å². The lowest BCUT2D eigenvalue weighted by Crippen LogP contribution is -2.47. The molecule has 3 heterocycles. The van der Waals surface area contributed by atoms with Crippen LogP contribution in [0, 0.1) is 0 Å². The van der Waals surface area contributed by atoms with Crippen molar-refractivity contribution >= 4 is 22.5 Å². The van der Waals surface area contributed by atoms with Gasteiger partial charge in [0, 0.05) is 43.5 Å². The van der Waals surface area contributed by atoms with Crippen LogP contribution in [0.15, 0.2) is 42.9 Å². The maximum atomic E-state index is 12.6. The highest BCUT2D eigenvalue weighted by molar-refractivity contribution is 5.96. The molecule has 1 amide bonds. The van der Waals surface area contributed by atoms with Gasteiger partial charge in [0.2, 0.25) is 5.91 Å². The number of carbonyl (C=O) groups excluding carboxylic acids is 1. The quantitative estimate of drug-likeness (QED) is 0.768. The number of hydrogen-bond donors (Lipinski definition) is 1. The fourth-order valence-electron chi connectivity index (χ4n) is 3.32. The Kier molecular flexibility index (Phi) is 4.87. The number of benzene rings is 1. The van der Waals surface area contributed by atoms with Crippen LogP contribution in [0.3, 0.4) is 0 Å². The normalized spacial score (nSPS) is 16.4. The molecule has 1 unspecified atom stereocenters. The Morgan fingerprint density at radius 1 is 1.15 bits per heavy atom. The van der Waals surface area contributed by atoms with Crippen molar-refractivity contribution in [1.82, 2.24) is 19.7 Å². The molecule has 2 aromatic heterocycles. The number of aromatic nitrogens is 3. The molecule has 0 saturated carbocycles. The smallest absolute Gasteiger partial charge is 0.242 e. The molecule has 7 heteroatoms. The number of fused-ring (bicyclic) bond motifs is 1. The fourth-order valence-corrected chi connectivity index (χ4v) is 3.32. The number of amides is 1. The number of pyridine rings is 1. The number of nitrogens with one attached hydrogen (secondary N) is 1. The zero-order valence-electron chi connectivity index (χ0n) is 15.6. The van der Waals surface area contributed by atoms with E-state index in [1.54, 1.807) is 10.9 Å². The topological polar surface area (TPSA) is 72.3 Å². The van der Waals surface area contributed by atoms with E-state index >= 15 is 0 Å². The molecule has 4 rings (SSSR count). The maximum absolute atomic E-state index is 12.6. The number of aryl methyl sites for hydroxylation is 1. The predicted molar refractivity (Wildman–Crippen MR) is 104 cm³/mol. The van der Waals surface area contributed by atoms with Crippen LogP contribution in [0.4, 0.5) is 5.82 Å². The molecule has 0 spiro atoms. The molecule has 1 aromatic carbocycles. The molecule has 3 aromatic rings. The third-order valence-electron chi connectivity index (χ3n) is 4.98. The van der Waals surface area contributed by atoms with Crippen molar-refractivity contribution < 1.29 is 9.53 Å². The summed E-state index contributed by atoms with van der Waals surface area (Å²) in [4.78, 5) is 19.1. The maximum Gasteiger partial charge on any atom is 0.242 e. The molecule has 1 fully saturated rings. The highest BCUT2D eigenvalue weighted by Crippen LogP contribution is 2.25. The van der Waals surface area contributed by atoms with Crippen molar-refractivity contribution in [3.8, 4) is 11.1 Å². The lowest BCUT2D eigenvalue weighted by molar-refractivity contribution is -0.122. The van der Waals surface area contributed by atoms with Gasteiger partial charge in [0.25, 0.3) is 0 Å². The third kappa shape index (κ3) is 3.84. The minimum Gasteiger partial charge on any atom is -0.379 e. The van der Waals surface area contributed by atoms with Crippen LogP contribution in [-0.2, 0) is 16.6 Å². The van der Waals surface area contributed by atoms with E-state index in [9.17, 15) is 4.79 Å². The molecule has 1 saturated heterocycles. The molecular formula is C20H23N5O2. The number of nitrogens with zero attached hydrogens (tertiary/aromatic N) is 4. The molecule has 1 atom stereocenters. The predicted octanol–water partition coefficient (Wildman–Crippen LogP) is 2.29. The number of ether oxygens (including phenoxy) is 1. The van der Waals surface area contributed by atoms with Crippen LogP contribution in [0.1, 0.15) is 6.92 Å². The van der Waals surface area contributed by atoms with E-state index in [2.05, 4.69) is 32.4 Å². The first-order valence-electron chi connectivity index (χ1n) is 9.11. The Morgan fingerprint density at radius 2 is 1.96 bits per heavy atom. The van der Waals surface area contributed by atoms with Crippen molar-refractivity contribution in [2.45, 2.75) is 13.0 Å². The number of morpholine rings is 1. The van der Waals surface area contributed by atoms with Gasteiger partial charge in [-0.3, -0.25) is 14.4 Å². The van der Waals surface area contributed by atoms with Crippen LogP contribution >= 0.6 is 0 Å². The molecule has 27 heavy (non-hydrogen) atoms. The minimum absolute atomic E-state index is 0.0489. The molecule has 0 radical (unpaired) electrons. The van der Waals surface area contributed by atoms with E-state index in [0.717, 1.165) is 35.0 Å². The summed E-state index contributed by atoms with van der Waals surface area (Å²) >= 11 is 0. The van der Waals surface area contributed by atoms with Gasteiger partial charge in [0.05, 0.1) is 25.5 Å². The third-order valence-corrected chi connectivity index (χ3v) is 4.98. The summed E-state index contributed by atoms with van der Waals surface area (Å²) in [5.41, 5.74) is 2.14. The Morgan fingerprint density at radius 3 is 2.70 bits per heavy atom. The second-order valence-corrected chi connectivity index (χ2v) is 6.85. The van der Waals surface area contributed by atoms with Gasteiger partial charge in [0.1, 0.15) is 5.82 Å². The molecular weight excluding hydrogens is 342 g/mol. The molecule has 0 bridgehead atoms. The van der Waals surface area contributed by atoms with Gasteiger partial charge >= 0.3 is 0 Å². The summed E-state index contributed by atoms with van der Waals surface area (Å²) in [5, 5.41) is 9.23. The highest BCUT2D eigenvalue weighted by atomic mass is 16.5. The zero-order chi connectivity index (χ0) is 18.8. The van der Waals surface area contributed by atoms with E-state index in [1.807, 2.05) is 38.5 Å². The number of carbonyl (C=O) groups is 1. The first-order chi connectivity index (χ1) is 13.1. The van der Waals surface area contributed by atoms with Crippen molar-refractivity contribution in [1.29, 1.82) is 0 Å². The highest BCUT2D eigenvalue weighted by Gasteiger charge is 2.23. The van der Waals surface area contributed by atoms with E-state index in [1.165, 1.54) is 0 Å². The molecule has 7 nitrogen and oxygen atoms in total. The lowest BCUT2D eigenvalue weighted by atomic mass is 10.1. The summed E-state index contributed by atoms with van der Waals surface area (Å²) in [6.07, 6.45) is 5.61. The second kappa shape index (κ2) is 7.46. The molecule has 1 aliphatic rings. The van der Waals surface area contributed by atoms with E-state index in [0.29, 0.717) is 19.0 Å². The Bertz CT molecular complexity index is 962. The van der Waals surface area contributed by atoms with Crippen LogP contribution in [0.5, 0.6) is 0 Å². The van der Waals surface area contributed by atoms with Gasteiger partial charge in [-0.25, -0.2) is 4.98 Å². The van der Waals surface area contributed by atoms with Crippen LogP contribution in [0.25, 0.3) is 21.9 Å². The molecule has 1 N–H and O–H groups in total. The van der Waals surface area contributed by atoms with Crippen LogP contribution < -0.4 is 5.32 Å². The summed E-state index contributed by atoms with van der Waals surface area (Å²) < 4.78 is 7.14. The molecule has 1 aliphatic heterocycles. The SMILES string of the molecule is CC(C(=O)Nc1cc2cc(-c3cnn(C)c3)ccc2cn1)N1CCOCC1. The largest absolute Gasteiger partial charge is 0.379 e. The van der Waals surface area contributed by atoms with Gasteiger partial charge in [-0.2, -0.15) is 5.10 Å². The number of anilines is 1. The Balaban J connectivity index is 1.54. The lowest BCUT2D eigenvalue weighted by Gasteiger charge is -2.31. The van der Waals surface area contributed by atoms with Crippen LogP contribution in [0.2, 0.25) is 0 Å². The first-order valence-corrected chi connectivity index (χ1v) is 9.11. The summed E-state index contributed by atoms with van der Waals surface area (Å²) in [6, 6.07) is 7.88. The van der Waals surface area contributed by atoms with Crippen LogP contribution in [-0.4, -0.2) is 57.9 Å². The van der Waals surface area contributed by atoms with Crippen molar-refractivity contribution in [3.63, 3.8) is 0 Å². The Hall–Kier alpha value is -2.77. The monoisotopic (exact) mass is 365 g/mol. The van der Waals surface area contributed by atoms with Gasteiger partial charge in [-0.15, -0.1) is 0 Å². The summed E-state index contributed by atoms with van der Waals surface area (Å²) in [5.74, 6) is 0.517. The van der Waals surface area contributed by atoms with Gasteiger partial charge in [-0.05, 0) is 30.0 Å². The second-order valence-electron chi connectivity index (χ2n) is 6.85. The number of hydrogen-bond acceptors (Lipinski definition) is 5.